The third-order valence-corrected chi connectivity index (χ3v) is 3.20. The number of unbranched alkanes of at least 4 members (excludes halogenated alkanes) is 3. The summed E-state index contributed by atoms with van der Waals surface area (Å²) in [6.07, 6.45) is 4.71. The molecule has 0 aromatic heterocycles. The number of nitrogens with one attached hydrogen (secondary N) is 1. The summed E-state index contributed by atoms with van der Waals surface area (Å²) in [5.74, 6) is 0.587. The van der Waals surface area contributed by atoms with Crippen molar-refractivity contribution in [1.29, 1.82) is 0 Å². The number of benzene rings is 1. The number of hydrogen-bond donors (Lipinski definition) is 1. The Bertz CT molecular complexity index is 368. The quantitative estimate of drug-likeness (QED) is 0.667. The number of hydrogen-bond acceptors (Lipinski definition) is 2. The zero-order valence-electron chi connectivity index (χ0n) is 12.3. The van der Waals surface area contributed by atoms with Gasteiger partial charge in [-0.15, -0.1) is 0 Å². The van der Waals surface area contributed by atoms with Crippen LogP contribution >= 0.6 is 0 Å². The van der Waals surface area contributed by atoms with Gasteiger partial charge >= 0.3 is 0 Å². The van der Waals surface area contributed by atoms with Gasteiger partial charge in [0.2, 0.25) is 0 Å². The van der Waals surface area contributed by atoms with Crippen molar-refractivity contribution >= 4 is 0 Å². The lowest BCUT2D eigenvalue weighted by molar-refractivity contribution is 0.298. The average molecular weight is 267 g/mol. The largest absolute Gasteiger partial charge is 0.493 e. The number of rotatable bonds is 9. The van der Waals surface area contributed by atoms with Crippen molar-refractivity contribution in [2.45, 2.75) is 52.5 Å². The first kappa shape index (κ1) is 16.0. The minimum Gasteiger partial charge on any atom is -0.493 e. The van der Waals surface area contributed by atoms with Crippen LogP contribution in [0.1, 0.15) is 58.1 Å². The second-order valence-electron chi connectivity index (χ2n) is 4.87. The van der Waals surface area contributed by atoms with Crippen LogP contribution in [0.5, 0.6) is 5.75 Å². The van der Waals surface area contributed by atoms with Crippen molar-refractivity contribution in [2.75, 3.05) is 13.2 Å². The van der Waals surface area contributed by atoms with E-state index >= 15 is 0 Å². The van der Waals surface area contributed by atoms with Gasteiger partial charge in [0.15, 0.2) is 0 Å². The Labute approximate surface area is 116 Å². The lowest BCUT2D eigenvalue weighted by Crippen LogP contribution is -2.19. The summed E-state index contributed by atoms with van der Waals surface area (Å²) in [5, 5.41) is 3.29. The monoisotopic (exact) mass is 267 g/mol. The molecule has 0 amide bonds. The SMILES string of the molecule is CCCCCCOc1ccc(F)cc1C(C)NCC. The van der Waals surface area contributed by atoms with Crippen LogP contribution in [0.15, 0.2) is 18.2 Å². The minimum absolute atomic E-state index is 0.103. The van der Waals surface area contributed by atoms with E-state index in [2.05, 4.69) is 12.2 Å². The molecule has 0 heterocycles. The lowest BCUT2D eigenvalue weighted by Gasteiger charge is -2.17. The van der Waals surface area contributed by atoms with Crippen molar-refractivity contribution in [1.82, 2.24) is 5.32 Å². The minimum atomic E-state index is -0.210. The molecule has 0 aliphatic heterocycles. The first-order valence-electron chi connectivity index (χ1n) is 7.34. The summed E-state index contributed by atoms with van der Waals surface area (Å²) >= 11 is 0. The van der Waals surface area contributed by atoms with Crippen molar-refractivity contribution in [3.8, 4) is 5.75 Å². The Kier molecular flexibility index (Phi) is 7.49. The van der Waals surface area contributed by atoms with Gasteiger partial charge in [-0.25, -0.2) is 4.39 Å². The van der Waals surface area contributed by atoms with E-state index in [1.54, 1.807) is 12.1 Å². The van der Waals surface area contributed by atoms with Gasteiger partial charge in [0, 0.05) is 11.6 Å². The van der Waals surface area contributed by atoms with E-state index in [9.17, 15) is 4.39 Å². The standard InChI is InChI=1S/C16H26FNO/c1-4-6-7-8-11-19-16-10-9-14(17)12-15(16)13(3)18-5-2/h9-10,12-13,18H,4-8,11H2,1-3H3. The van der Waals surface area contributed by atoms with Crippen molar-refractivity contribution in [2.24, 2.45) is 0 Å². The molecule has 1 unspecified atom stereocenters. The molecule has 0 saturated carbocycles. The molecule has 1 N–H and O–H groups in total. The van der Waals surface area contributed by atoms with Gasteiger partial charge in [0.05, 0.1) is 6.61 Å². The fourth-order valence-electron chi connectivity index (χ4n) is 2.12. The van der Waals surface area contributed by atoms with Gasteiger partial charge in [-0.3, -0.25) is 0 Å². The maximum atomic E-state index is 13.4. The van der Waals surface area contributed by atoms with Crippen LogP contribution in [0.4, 0.5) is 4.39 Å². The van der Waals surface area contributed by atoms with Crippen LogP contribution in [-0.4, -0.2) is 13.2 Å². The zero-order valence-corrected chi connectivity index (χ0v) is 12.3. The van der Waals surface area contributed by atoms with Crippen molar-refractivity contribution < 1.29 is 9.13 Å². The van der Waals surface area contributed by atoms with Gasteiger partial charge < -0.3 is 10.1 Å². The van der Waals surface area contributed by atoms with E-state index in [-0.39, 0.29) is 11.9 Å². The molecule has 1 aromatic rings. The molecule has 0 radical (unpaired) electrons. The van der Waals surface area contributed by atoms with Crippen LogP contribution < -0.4 is 10.1 Å². The Morgan fingerprint density at radius 1 is 1.21 bits per heavy atom. The van der Waals surface area contributed by atoms with E-state index < -0.39 is 0 Å². The van der Waals surface area contributed by atoms with Crippen LogP contribution in [0, 0.1) is 5.82 Å². The summed E-state index contributed by atoms with van der Waals surface area (Å²) in [7, 11) is 0. The molecule has 1 rings (SSSR count). The second-order valence-corrected chi connectivity index (χ2v) is 4.87. The van der Waals surface area contributed by atoms with Crippen LogP contribution in [-0.2, 0) is 0 Å². The lowest BCUT2D eigenvalue weighted by atomic mass is 10.1. The topological polar surface area (TPSA) is 21.3 Å². The smallest absolute Gasteiger partial charge is 0.124 e. The molecular formula is C16H26FNO. The average Bonchev–Trinajstić information content (AvgIpc) is 2.40. The normalized spacial score (nSPS) is 12.4. The Balaban J connectivity index is 2.60. The maximum Gasteiger partial charge on any atom is 0.124 e. The summed E-state index contributed by atoms with van der Waals surface area (Å²) in [6.45, 7) is 7.82. The van der Waals surface area contributed by atoms with E-state index in [4.69, 9.17) is 4.74 Å². The highest BCUT2D eigenvalue weighted by molar-refractivity contribution is 5.36. The highest BCUT2D eigenvalue weighted by Crippen LogP contribution is 2.26. The Morgan fingerprint density at radius 2 is 2.00 bits per heavy atom. The molecule has 0 spiro atoms. The fraction of sp³-hybridized carbons (Fsp3) is 0.625. The third kappa shape index (κ3) is 5.60. The van der Waals surface area contributed by atoms with Gasteiger partial charge in [0.25, 0.3) is 0 Å². The number of ether oxygens (including phenoxy) is 1. The molecule has 0 fully saturated rings. The summed E-state index contributed by atoms with van der Waals surface area (Å²) < 4.78 is 19.2. The predicted octanol–water partition coefficient (Wildman–Crippen LogP) is 4.46. The molecular weight excluding hydrogens is 241 g/mol. The highest BCUT2D eigenvalue weighted by atomic mass is 19.1. The van der Waals surface area contributed by atoms with Crippen LogP contribution in [0.3, 0.4) is 0 Å². The fourth-order valence-corrected chi connectivity index (χ4v) is 2.12. The zero-order chi connectivity index (χ0) is 14.1. The van der Waals surface area contributed by atoms with E-state index in [0.717, 1.165) is 24.3 Å². The maximum absolute atomic E-state index is 13.4. The molecule has 0 aliphatic carbocycles. The highest BCUT2D eigenvalue weighted by Gasteiger charge is 2.12. The summed E-state index contributed by atoms with van der Waals surface area (Å²) in [4.78, 5) is 0. The first-order valence-corrected chi connectivity index (χ1v) is 7.34. The molecule has 1 aromatic carbocycles. The molecule has 19 heavy (non-hydrogen) atoms. The van der Waals surface area contributed by atoms with Crippen LogP contribution in [0.2, 0.25) is 0 Å². The Hall–Kier alpha value is -1.09. The van der Waals surface area contributed by atoms with Gasteiger partial charge in [-0.1, -0.05) is 33.1 Å². The van der Waals surface area contributed by atoms with Gasteiger partial charge in [-0.2, -0.15) is 0 Å². The van der Waals surface area contributed by atoms with E-state index in [1.807, 2.05) is 13.8 Å². The molecule has 0 saturated heterocycles. The van der Waals surface area contributed by atoms with E-state index in [0.29, 0.717) is 6.61 Å². The molecule has 0 aliphatic rings. The third-order valence-electron chi connectivity index (χ3n) is 3.20. The van der Waals surface area contributed by atoms with Crippen molar-refractivity contribution in [3.05, 3.63) is 29.6 Å². The molecule has 1 atom stereocenters. The van der Waals surface area contributed by atoms with E-state index in [1.165, 1.54) is 25.3 Å². The van der Waals surface area contributed by atoms with Gasteiger partial charge in [0.1, 0.15) is 11.6 Å². The predicted molar refractivity (Wildman–Crippen MR) is 78.1 cm³/mol. The second kappa shape index (κ2) is 8.92. The molecule has 3 heteroatoms. The summed E-state index contributed by atoms with van der Waals surface area (Å²) in [5.41, 5.74) is 0.900. The first-order chi connectivity index (χ1) is 9.19. The van der Waals surface area contributed by atoms with Crippen LogP contribution in [0.25, 0.3) is 0 Å². The molecule has 108 valence electrons. The molecule has 2 nitrogen and oxygen atoms in total. The Morgan fingerprint density at radius 3 is 2.68 bits per heavy atom. The summed E-state index contributed by atoms with van der Waals surface area (Å²) in [6, 6.07) is 4.86. The van der Waals surface area contributed by atoms with Gasteiger partial charge in [-0.05, 0) is 38.1 Å². The number of halogens is 1. The molecule has 0 bridgehead atoms. The van der Waals surface area contributed by atoms with Crippen molar-refractivity contribution in [3.63, 3.8) is 0 Å².